The molecule has 10 heteroatoms. The molecule has 0 aromatic heterocycles. The minimum absolute atomic E-state index is 0.0645. The van der Waals surface area contributed by atoms with Gasteiger partial charge in [0, 0.05) is 17.0 Å². The summed E-state index contributed by atoms with van der Waals surface area (Å²) in [5.74, 6) is -1.48. The third-order valence-corrected chi connectivity index (χ3v) is 6.16. The van der Waals surface area contributed by atoms with E-state index in [4.69, 9.17) is 0 Å². The summed E-state index contributed by atoms with van der Waals surface area (Å²) in [6, 6.07) is 6.95. The molecule has 3 rings (SSSR count). The van der Waals surface area contributed by atoms with Gasteiger partial charge in [-0.05, 0) is 50.1 Å². The number of amides is 3. The van der Waals surface area contributed by atoms with Crippen LogP contribution < -0.4 is 16.0 Å². The van der Waals surface area contributed by atoms with E-state index < -0.39 is 34.7 Å². The van der Waals surface area contributed by atoms with Crippen molar-refractivity contribution in [2.45, 2.75) is 43.5 Å². The molecule has 1 aliphatic rings. The highest BCUT2D eigenvalue weighted by Crippen LogP contribution is 2.40. The number of hydrogen-bond donors (Lipinski definition) is 3. The lowest BCUT2D eigenvalue weighted by atomic mass is 10.1. The van der Waals surface area contributed by atoms with Gasteiger partial charge in [0.1, 0.15) is 0 Å². The fraction of sp³-hybridized carbons (Fsp3) is 0.318. The largest absolute Gasteiger partial charge is 0.416 e. The molecule has 32 heavy (non-hydrogen) atoms. The molecule has 0 bridgehead atoms. The molecule has 2 aromatic rings. The number of thioether (sulfide) groups is 1. The van der Waals surface area contributed by atoms with Crippen LogP contribution in [0.4, 0.5) is 24.5 Å². The number of halogens is 3. The second-order valence-electron chi connectivity index (χ2n) is 7.61. The van der Waals surface area contributed by atoms with E-state index in [1.807, 2.05) is 32.9 Å². The van der Waals surface area contributed by atoms with Crippen molar-refractivity contribution >= 4 is 40.9 Å². The molecule has 1 aliphatic heterocycles. The highest BCUT2D eigenvalue weighted by Gasteiger charge is 2.34. The molecular formula is C22H22F3N3O3S. The molecule has 0 aliphatic carbocycles. The lowest BCUT2D eigenvalue weighted by molar-refractivity contribution is -0.137. The highest BCUT2D eigenvalue weighted by atomic mass is 32.2. The van der Waals surface area contributed by atoms with Gasteiger partial charge in [-0.2, -0.15) is 13.2 Å². The zero-order chi connectivity index (χ0) is 23.6. The first kappa shape index (κ1) is 23.6. The minimum Gasteiger partial charge on any atom is -0.347 e. The van der Waals surface area contributed by atoms with Crippen molar-refractivity contribution in [1.82, 2.24) is 5.32 Å². The molecule has 1 heterocycles. The van der Waals surface area contributed by atoms with Crippen LogP contribution in [0.5, 0.6) is 0 Å². The molecule has 0 saturated heterocycles. The third-order valence-electron chi connectivity index (χ3n) is 4.88. The summed E-state index contributed by atoms with van der Waals surface area (Å²) in [4.78, 5) is 37.2. The maximum Gasteiger partial charge on any atom is 0.416 e. The number of benzene rings is 2. The van der Waals surface area contributed by atoms with E-state index >= 15 is 0 Å². The number of rotatable bonds is 5. The highest BCUT2D eigenvalue weighted by molar-refractivity contribution is 8.01. The fourth-order valence-electron chi connectivity index (χ4n) is 3.44. The van der Waals surface area contributed by atoms with Crippen LogP contribution in [0.25, 0.3) is 0 Å². The molecule has 0 saturated carbocycles. The Morgan fingerprint density at radius 2 is 1.72 bits per heavy atom. The Labute approximate surface area is 187 Å². The van der Waals surface area contributed by atoms with Gasteiger partial charge in [-0.15, -0.1) is 11.8 Å². The van der Waals surface area contributed by atoms with Crippen molar-refractivity contribution in [3.8, 4) is 0 Å². The Hall–Kier alpha value is -3.01. The summed E-state index contributed by atoms with van der Waals surface area (Å²) < 4.78 is 38.5. The van der Waals surface area contributed by atoms with Crippen LogP contribution >= 0.6 is 11.8 Å². The molecule has 0 radical (unpaired) electrons. The molecule has 170 valence electrons. The van der Waals surface area contributed by atoms with E-state index in [0.29, 0.717) is 10.6 Å². The van der Waals surface area contributed by atoms with Crippen LogP contribution in [-0.2, 0) is 20.6 Å². The number of hydrogen-bond acceptors (Lipinski definition) is 4. The Morgan fingerprint density at radius 3 is 2.34 bits per heavy atom. The van der Waals surface area contributed by atoms with E-state index in [-0.39, 0.29) is 18.7 Å². The minimum atomic E-state index is -4.52. The topological polar surface area (TPSA) is 87.3 Å². The number of alkyl halides is 3. The second kappa shape index (κ2) is 9.23. The Balaban J connectivity index is 1.55. The Kier molecular flexibility index (Phi) is 6.82. The quantitative estimate of drug-likeness (QED) is 0.618. The summed E-state index contributed by atoms with van der Waals surface area (Å²) in [6.07, 6.45) is -4.73. The first-order valence-electron chi connectivity index (χ1n) is 9.77. The molecule has 3 N–H and O–H groups in total. The van der Waals surface area contributed by atoms with Gasteiger partial charge in [0.25, 0.3) is 0 Å². The van der Waals surface area contributed by atoms with Crippen molar-refractivity contribution in [1.29, 1.82) is 0 Å². The van der Waals surface area contributed by atoms with Gasteiger partial charge >= 0.3 is 6.18 Å². The number of fused-ring (bicyclic) bond motifs is 1. The van der Waals surface area contributed by atoms with E-state index in [9.17, 15) is 27.6 Å². The molecule has 6 nitrogen and oxygen atoms in total. The molecule has 3 amide bonds. The normalized spacial score (nSPS) is 15.6. The van der Waals surface area contributed by atoms with Gasteiger partial charge in [0.05, 0.1) is 23.0 Å². The predicted octanol–water partition coefficient (Wildman–Crippen LogP) is 4.19. The van der Waals surface area contributed by atoms with Gasteiger partial charge in [-0.3, -0.25) is 14.4 Å². The lowest BCUT2D eigenvalue weighted by Gasteiger charge is -2.24. The standard InChI is InChI=1S/C22H22F3N3O3S/c1-11-6-12(2)20(13(3)7-11)28-19(30)10-26-18(29)9-17-21(31)27-15-8-14(22(23,24)25)4-5-16(15)32-17/h4-8,17H,9-10H2,1-3H3,(H,26,29)(H,27,31)(H,28,30)/t17-/m1/s1. The molecule has 1 atom stereocenters. The van der Waals surface area contributed by atoms with Gasteiger partial charge in [0.15, 0.2) is 0 Å². The first-order valence-corrected chi connectivity index (χ1v) is 10.6. The van der Waals surface area contributed by atoms with Crippen LogP contribution in [0.15, 0.2) is 35.2 Å². The van der Waals surface area contributed by atoms with Gasteiger partial charge in [-0.1, -0.05) is 17.7 Å². The van der Waals surface area contributed by atoms with Crippen LogP contribution in [-0.4, -0.2) is 29.5 Å². The molecular weight excluding hydrogens is 443 g/mol. The maximum absolute atomic E-state index is 12.8. The molecule has 0 fully saturated rings. The second-order valence-corrected chi connectivity index (χ2v) is 8.85. The zero-order valence-corrected chi connectivity index (χ0v) is 18.5. The molecule has 0 spiro atoms. The summed E-state index contributed by atoms with van der Waals surface area (Å²) in [5.41, 5.74) is 2.78. The van der Waals surface area contributed by atoms with Crippen LogP contribution in [0, 0.1) is 20.8 Å². The summed E-state index contributed by atoms with van der Waals surface area (Å²) in [5, 5.41) is 6.86. The lowest BCUT2D eigenvalue weighted by Crippen LogP contribution is -2.38. The van der Waals surface area contributed by atoms with Crippen molar-refractivity contribution in [2.24, 2.45) is 0 Å². The van der Waals surface area contributed by atoms with E-state index in [1.54, 1.807) is 0 Å². The predicted molar refractivity (Wildman–Crippen MR) is 117 cm³/mol. The molecule has 2 aromatic carbocycles. The zero-order valence-electron chi connectivity index (χ0n) is 17.6. The van der Waals surface area contributed by atoms with E-state index in [0.717, 1.165) is 40.6 Å². The summed E-state index contributed by atoms with van der Waals surface area (Å²) in [6.45, 7) is 5.44. The van der Waals surface area contributed by atoms with Crippen LogP contribution in [0.3, 0.4) is 0 Å². The summed E-state index contributed by atoms with van der Waals surface area (Å²) >= 11 is 1.01. The van der Waals surface area contributed by atoms with Gasteiger partial charge in [0.2, 0.25) is 17.7 Å². The first-order chi connectivity index (χ1) is 14.9. The average molecular weight is 465 g/mol. The number of anilines is 2. The smallest absolute Gasteiger partial charge is 0.347 e. The van der Waals surface area contributed by atoms with E-state index in [2.05, 4.69) is 16.0 Å². The Bertz CT molecular complexity index is 1060. The van der Waals surface area contributed by atoms with Crippen LogP contribution in [0.2, 0.25) is 0 Å². The number of aryl methyl sites for hydroxylation is 3. The number of carbonyl (C=O) groups is 3. The maximum atomic E-state index is 12.8. The SMILES string of the molecule is Cc1cc(C)c(NC(=O)CNC(=O)C[C@H]2Sc3ccc(C(F)(F)F)cc3NC2=O)c(C)c1. The third kappa shape index (κ3) is 5.61. The fourth-order valence-corrected chi connectivity index (χ4v) is 4.53. The molecule has 0 unspecified atom stereocenters. The van der Waals surface area contributed by atoms with Crippen molar-refractivity contribution in [3.05, 3.63) is 52.6 Å². The van der Waals surface area contributed by atoms with Crippen molar-refractivity contribution in [3.63, 3.8) is 0 Å². The monoisotopic (exact) mass is 465 g/mol. The van der Waals surface area contributed by atoms with Gasteiger partial charge in [-0.25, -0.2) is 0 Å². The van der Waals surface area contributed by atoms with Crippen molar-refractivity contribution < 1.29 is 27.6 Å². The number of nitrogens with one attached hydrogen (secondary N) is 3. The summed E-state index contributed by atoms with van der Waals surface area (Å²) in [7, 11) is 0. The Morgan fingerprint density at radius 1 is 1.06 bits per heavy atom. The number of carbonyl (C=O) groups excluding carboxylic acids is 3. The van der Waals surface area contributed by atoms with E-state index in [1.165, 1.54) is 6.07 Å². The van der Waals surface area contributed by atoms with Crippen LogP contribution in [0.1, 0.15) is 28.7 Å². The average Bonchev–Trinajstić information content (AvgIpc) is 2.68. The van der Waals surface area contributed by atoms with Crippen molar-refractivity contribution in [2.75, 3.05) is 17.2 Å². The van der Waals surface area contributed by atoms with Gasteiger partial charge < -0.3 is 16.0 Å².